The maximum atomic E-state index is 12.4. The van der Waals surface area contributed by atoms with Gasteiger partial charge in [-0.05, 0) is 24.3 Å². The van der Waals surface area contributed by atoms with E-state index >= 15 is 0 Å². The van der Waals surface area contributed by atoms with Gasteiger partial charge in [0, 0.05) is 11.8 Å². The zero-order chi connectivity index (χ0) is 11.6. The fourth-order valence-corrected chi connectivity index (χ4v) is 1.24. The van der Waals surface area contributed by atoms with E-state index in [4.69, 9.17) is 0 Å². The Kier molecular flexibility index (Phi) is 2.60. The lowest BCUT2D eigenvalue weighted by Crippen LogP contribution is -2.04. The maximum Gasteiger partial charge on any atom is 0.416 e. The minimum Gasteiger partial charge on any atom is -0.245 e. The molecule has 0 aliphatic carbocycles. The Bertz CT molecular complexity index is 480. The van der Waals surface area contributed by atoms with E-state index in [2.05, 4.69) is 16.0 Å². The highest BCUT2D eigenvalue weighted by Gasteiger charge is 2.30. The average Bonchev–Trinajstić information content (AvgIpc) is 2.29. The fraction of sp³-hybridized carbons (Fsp3) is 0.0909. The first-order valence-corrected chi connectivity index (χ1v) is 4.43. The van der Waals surface area contributed by atoms with Crippen LogP contribution in [0.4, 0.5) is 13.2 Å². The van der Waals surface area contributed by atoms with Crippen LogP contribution in [0.15, 0.2) is 36.8 Å². The molecule has 0 saturated heterocycles. The molecular formula is C11H6F3N2. The summed E-state index contributed by atoms with van der Waals surface area (Å²) in [5.41, 5.74) is 0.0122. The van der Waals surface area contributed by atoms with Crippen LogP contribution in [0.3, 0.4) is 0 Å². The van der Waals surface area contributed by atoms with E-state index in [9.17, 15) is 13.2 Å². The molecule has 2 aromatic rings. The van der Waals surface area contributed by atoms with Crippen molar-refractivity contribution in [3.8, 4) is 11.3 Å². The van der Waals surface area contributed by atoms with E-state index in [0.29, 0.717) is 11.3 Å². The first-order valence-electron chi connectivity index (χ1n) is 4.43. The second-order valence-electron chi connectivity index (χ2n) is 3.08. The largest absolute Gasteiger partial charge is 0.416 e. The number of halogens is 3. The Balaban J connectivity index is 2.45. The number of aromatic nitrogens is 2. The van der Waals surface area contributed by atoms with E-state index in [1.807, 2.05) is 0 Å². The molecule has 0 N–H and O–H groups in total. The van der Waals surface area contributed by atoms with Crippen LogP contribution in [-0.2, 0) is 6.18 Å². The van der Waals surface area contributed by atoms with Gasteiger partial charge in [-0.25, -0.2) is 9.97 Å². The number of rotatable bonds is 1. The van der Waals surface area contributed by atoms with Gasteiger partial charge in [-0.2, -0.15) is 13.2 Å². The quantitative estimate of drug-likeness (QED) is 0.742. The summed E-state index contributed by atoms with van der Waals surface area (Å²) in [6.45, 7) is 0. The summed E-state index contributed by atoms with van der Waals surface area (Å²) < 4.78 is 37.3. The molecule has 0 aliphatic rings. The first-order chi connectivity index (χ1) is 7.57. The van der Waals surface area contributed by atoms with Gasteiger partial charge >= 0.3 is 6.18 Å². The third-order valence-electron chi connectivity index (χ3n) is 1.99. The number of alkyl halides is 3. The summed E-state index contributed by atoms with van der Waals surface area (Å²) >= 11 is 0. The second kappa shape index (κ2) is 3.92. The van der Waals surface area contributed by atoms with Gasteiger partial charge in [0.15, 0.2) is 0 Å². The lowest BCUT2D eigenvalue weighted by atomic mass is 10.1. The summed E-state index contributed by atoms with van der Waals surface area (Å²) in [5, 5.41) is 0. The summed E-state index contributed by atoms with van der Waals surface area (Å²) in [6.07, 6.45) is -1.60. The first kappa shape index (κ1) is 10.6. The van der Waals surface area contributed by atoms with Crippen molar-refractivity contribution in [2.75, 3.05) is 0 Å². The lowest BCUT2D eigenvalue weighted by molar-refractivity contribution is -0.137. The zero-order valence-electron chi connectivity index (χ0n) is 7.99. The molecule has 1 aromatic heterocycles. The molecule has 81 valence electrons. The van der Waals surface area contributed by atoms with Crippen LogP contribution in [0.1, 0.15) is 5.56 Å². The Hall–Kier alpha value is -1.91. The van der Waals surface area contributed by atoms with Crippen LogP contribution in [0.25, 0.3) is 11.3 Å². The van der Waals surface area contributed by atoms with Gasteiger partial charge in [-0.3, -0.25) is 0 Å². The van der Waals surface area contributed by atoms with Gasteiger partial charge in [0.25, 0.3) is 0 Å². The molecule has 1 aromatic carbocycles. The smallest absolute Gasteiger partial charge is 0.245 e. The van der Waals surface area contributed by atoms with Gasteiger partial charge in [-0.1, -0.05) is 6.07 Å². The molecule has 1 radical (unpaired) electrons. The number of hydrogen-bond acceptors (Lipinski definition) is 2. The fourth-order valence-electron chi connectivity index (χ4n) is 1.24. The van der Waals surface area contributed by atoms with E-state index in [1.165, 1.54) is 24.7 Å². The van der Waals surface area contributed by atoms with Crippen molar-refractivity contribution < 1.29 is 13.2 Å². The summed E-state index contributed by atoms with van der Waals surface area (Å²) in [7, 11) is 0. The molecule has 2 rings (SSSR count). The molecule has 0 unspecified atom stereocenters. The van der Waals surface area contributed by atoms with Crippen LogP contribution in [0.5, 0.6) is 0 Å². The molecule has 2 nitrogen and oxygen atoms in total. The highest BCUT2D eigenvalue weighted by molar-refractivity contribution is 5.58. The van der Waals surface area contributed by atoms with Gasteiger partial charge in [0.1, 0.15) is 6.33 Å². The molecule has 0 atom stereocenters. The van der Waals surface area contributed by atoms with Gasteiger partial charge in [-0.15, -0.1) is 0 Å². The molecule has 5 heteroatoms. The van der Waals surface area contributed by atoms with Crippen LogP contribution in [0.2, 0.25) is 0 Å². The van der Waals surface area contributed by atoms with E-state index in [1.54, 1.807) is 0 Å². The summed E-state index contributed by atoms with van der Waals surface area (Å²) in [6, 6.07) is 7.47. The second-order valence-corrected chi connectivity index (χ2v) is 3.08. The van der Waals surface area contributed by atoms with Crippen LogP contribution in [0, 0.1) is 6.07 Å². The van der Waals surface area contributed by atoms with Crippen molar-refractivity contribution in [3.63, 3.8) is 0 Å². The molecular weight excluding hydrogens is 217 g/mol. The number of benzene rings is 1. The summed E-state index contributed by atoms with van der Waals surface area (Å²) in [5.74, 6) is 0. The summed E-state index contributed by atoms with van der Waals surface area (Å²) in [4.78, 5) is 7.56. The SMILES string of the molecule is FC(F)(F)c1cc[c]c(-c2ccncn2)c1. The maximum absolute atomic E-state index is 12.4. The Morgan fingerprint density at radius 3 is 2.62 bits per heavy atom. The molecule has 0 saturated carbocycles. The van der Waals surface area contributed by atoms with Crippen molar-refractivity contribution >= 4 is 0 Å². The third-order valence-corrected chi connectivity index (χ3v) is 1.99. The Labute approximate surface area is 89.8 Å². The number of nitrogens with zero attached hydrogens (tertiary/aromatic N) is 2. The van der Waals surface area contributed by atoms with Gasteiger partial charge < -0.3 is 0 Å². The Morgan fingerprint density at radius 1 is 1.19 bits per heavy atom. The molecule has 0 aliphatic heterocycles. The molecule has 0 bridgehead atoms. The Morgan fingerprint density at radius 2 is 2.00 bits per heavy atom. The van der Waals surface area contributed by atoms with Crippen molar-refractivity contribution in [1.82, 2.24) is 9.97 Å². The molecule has 0 fully saturated rings. The number of hydrogen-bond donors (Lipinski definition) is 0. The standard InChI is InChI=1S/C11H6F3N2/c12-11(13,14)9-3-1-2-8(6-9)10-4-5-15-7-16-10/h1,3-7H. The third kappa shape index (κ3) is 2.18. The lowest BCUT2D eigenvalue weighted by Gasteiger charge is -2.07. The van der Waals surface area contributed by atoms with E-state index < -0.39 is 11.7 Å². The predicted molar refractivity (Wildman–Crippen MR) is 51.3 cm³/mol. The normalized spacial score (nSPS) is 11.4. The highest BCUT2D eigenvalue weighted by atomic mass is 19.4. The van der Waals surface area contributed by atoms with E-state index in [0.717, 1.165) is 12.1 Å². The predicted octanol–water partition coefficient (Wildman–Crippen LogP) is 2.96. The average molecular weight is 223 g/mol. The zero-order valence-corrected chi connectivity index (χ0v) is 7.99. The van der Waals surface area contributed by atoms with Crippen LogP contribution in [-0.4, -0.2) is 9.97 Å². The topological polar surface area (TPSA) is 25.8 Å². The van der Waals surface area contributed by atoms with Gasteiger partial charge in [0.05, 0.1) is 11.3 Å². The highest BCUT2D eigenvalue weighted by Crippen LogP contribution is 2.31. The molecule has 0 amide bonds. The molecule has 16 heavy (non-hydrogen) atoms. The minimum atomic E-state index is -4.35. The van der Waals surface area contributed by atoms with Crippen molar-refractivity contribution in [1.29, 1.82) is 0 Å². The van der Waals surface area contributed by atoms with E-state index in [-0.39, 0.29) is 0 Å². The minimum absolute atomic E-state index is 0.303. The van der Waals surface area contributed by atoms with Gasteiger partial charge in [0.2, 0.25) is 0 Å². The molecule has 1 heterocycles. The van der Waals surface area contributed by atoms with Crippen molar-refractivity contribution in [3.05, 3.63) is 48.4 Å². The van der Waals surface area contributed by atoms with Crippen LogP contribution < -0.4 is 0 Å². The van der Waals surface area contributed by atoms with Crippen molar-refractivity contribution in [2.45, 2.75) is 6.18 Å². The molecule has 0 spiro atoms. The monoisotopic (exact) mass is 223 g/mol. The van der Waals surface area contributed by atoms with Crippen LogP contribution >= 0.6 is 0 Å². The van der Waals surface area contributed by atoms with Crippen molar-refractivity contribution in [2.24, 2.45) is 0 Å².